The summed E-state index contributed by atoms with van der Waals surface area (Å²) in [4.78, 5) is 26.6. The van der Waals surface area contributed by atoms with Crippen molar-refractivity contribution in [2.24, 2.45) is 34.0 Å². The first kappa shape index (κ1) is 17.0. The molecule has 2 spiro atoms. The molecule has 8 atom stereocenters. The number of carbonyl (C=O) groups is 2. The Bertz CT molecular complexity index is 757. The van der Waals surface area contributed by atoms with Gasteiger partial charge >= 0.3 is 0 Å². The number of ether oxygens (including phenoxy) is 1. The highest BCUT2D eigenvalue weighted by molar-refractivity contribution is 6.06. The average Bonchev–Trinajstić information content (AvgIpc) is 2.69. The molecule has 4 unspecified atom stereocenters. The van der Waals surface area contributed by atoms with Gasteiger partial charge in [0.05, 0.1) is 18.1 Å². The molecule has 0 radical (unpaired) electrons. The van der Waals surface area contributed by atoms with E-state index in [-0.39, 0.29) is 23.4 Å². The molecule has 4 aliphatic carbocycles. The predicted octanol–water partition coefficient (Wildman–Crippen LogP) is 0.584. The Balaban J connectivity index is 1.83. The number of aliphatic hydroxyl groups is 3. The minimum absolute atomic E-state index is 0.00293. The van der Waals surface area contributed by atoms with Gasteiger partial charge in [0.1, 0.15) is 17.3 Å². The van der Waals surface area contributed by atoms with Crippen LogP contribution in [0, 0.1) is 34.0 Å². The Morgan fingerprint density at radius 2 is 1.85 bits per heavy atom. The van der Waals surface area contributed by atoms with Gasteiger partial charge in [0.2, 0.25) is 5.79 Å². The van der Waals surface area contributed by atoms with Crippen LogP contribution < -0.4 is 0 Å². The number of rotatable bonds is 0. The van der Waals surface area contributed by atoms with Crippen LogP contribution in [0.25, 0.3) is 0 Å². The van der Waals surface area contributed by atoms with Gasteiger partial charge in [-0.25, -0.2) is 0 Å². The third-order valence-corrected chi connectivity index (χ3v) is 8.65. The number of aliphatic hydroxyl groups excluding tert-OH is 2. The summed E-state index contributed by atoms with van der Waals surface area (Å²) in [5.41, 5.74) is -2.83. The summed E-state index contributed by atoms with van der Waals surface area (Å²) in [5.74, 6) is -4.12. The maximum atomic E-state index is 13.3. The van der Waals surface area contributed by atoms with Crippen LogP contribution in [0.3, 0.4) is 0 Å². The van der Waals surface area contributed by atoms with E-state index in [1.54, 1.807) is 0 Å². The summed E-state index contributed by atoms with van der Waals surface area (Å²) >= 11 is 0. The standard InChI is InChI=1S/C20H26O6/c1-9-10-4-5-11-18-8-26-20(25,19(11,14(9)22)15(10)23)16(24)13(18)17(2,3)7-6-12(18)21/h10-11,13,15-16,23-25H,1,4-8H2,2-3H3/t10?,11-,13+,15+,16-,18?,19?,20?/m0/s1. The van der Waals surface area contributed by atoms with Gasteiger partial charge in [0.15, 0.2) is 5.78 Å². The molecule has 2 heterocycles. The number of carbonyl (C=O) groups excluding carboxylic acids is 2. The van der Waals surface area contributed by atoms with Gasteiger partial charge < -0.3 is 20.1 Å². The summed E-state index contributed by atoms with van der Waals surface area (Å²) in [6, 6.07) is 0. The Morgan fingerprint density at radius 1 is 1.15 bits per heavy atom. The van der Waals surface area contributed by atoms with Crippen molar-refractivity contribution in [1.29, 1.82) is 0 Å². The molecule has 3 N–H and O–H groups in total. The number of hydrogen-bond acceptors (Lipinski definition) is 6. The Labute approximate surface area is 152 Å². The highest BCUT2D eigenvalue weighted by Gasteiger charge is 2.87. The number of ketones is 2. The highest BCUT2D eigenvalue weighted by Crippen LogP contribution is 2.75. The normalized spacial score (nSPS) is 57.1. The molecule has 0 aromatic carbocycles. The smallest absolute Gasteiger partial charge is 0.208 e. The molecule has 2 saturated heterocycles. The van der Waals surface area contributed by atoms with E-state index in [2.05, 4.69) is 6.58 Å². The lowest BCUT2D eigenvalue weighted by molar-refractivity contribution is -0.437. The van der Waals surface area contributed by atoms with E-state index in [0.29, 0.717) is 25.7 Å². The summed E-state index contributed by atoms with van der Waals surface area (Å²) in [6.45, 7) is 7.86. The van der Waals surface area contributed by atoms with Crippen LogP contribution in [0.2, 0.25) is 0 Å². The SMILES string of the molecule is C=C1C(=O)C23[C@H](O)C1CC[C@H]2C12COC3(O)[C@@H](O)[C@@H]1C(C)(C)CCC2=O. The summed E-state index contributed by atoms with van der Waals surface area (Å²) in [6.07, 6.45) is -0.502. The molecule has 0 aromatic heterocycles. The maximum Gasteiger partial charge on any atom is 0.208 e. The van der Waals surface area contributed by atoms with E-state index in [1.807, 2.05) is 13.8 Å². The average molecular weight is 362 g/mol. The molecule has 6 nitrogen and oxygen atoms in total. The van der Waals surface area contributed by atoms with E-state index in [4.69, 9.17) is 4.74 Å². The van der Waals surface area contributed by atoms with Crippen molar-refractivity contribution in [2.45, 2.75) is 57.5 Å². The molecule has 0 amide bonds. The number of Topliss-reactive ketones (excluding diaryl/α,β-unsaturated/α-hetero) is 2. The third-order valence-electron chi connectivity index (χ3n) is 8.65. The fourth-order valence-electron chi connectivity index (χ4n) is 7.63. The van der Waals surface area contributed by atoms with Crippen LogP contribution in [0.1, 0.15) is 39.5 Å². The first-order valence-corrected chi connectivity index (χ1v) is 9.56. The zero-order chi connectivity index (χ0) is 18.9. The van der Waals surface area contributed by atoms with Gasteiger partial charge in [0, 0.05) is 18.3 Å². The van der Waals surface area contributed by atoms with Crippen LogP contribution in [-0.2, 0) is 14.3 Å². The first-order valence-electron chi connectivity index (χ1n) is 9.56. The molecule has 6 rings (SSSR count). The van der Waals surface area contributed by atoms with Crippen LogP contribution in [0.15, 0.2) is 12.2 Å². The quantitative estimate of drug-likeness (QED) is 0.545. The van der Waals surface area contributed by atoms with E-state index < -0.39 is 52.4 Å². The second kappa shape index (κ2) is 4.49. The van der Waals surface area contributed by atoms with Crippen molar-refractivity contribution in [3.05, 3.63) is 12.2 Å². The Hall–Kier alpha value is -1.08. The van der Waals surface area contributed by atoms with Crippen molar-refractivity contribution < 1.29 is 29.6 Å². The van der Waals surface area contributed by atoms with Crippen molar-refractivity contribution in [2.75, 3.05) is 6.61 Å². The summed E-state index contributed by atoms with van der Waals surface area (Å²) in [7, 11) is 0. The van der Waals surface area contributed by atoms with Crippen molar-refractivity contribution in [1.82, 2.24) is 0 Å². The summed E-state index contributed by atoms with van der Waals surface area (Å²) in [5, 5.41) is 33.9. The van der Waals surface area contributed by atoms with Crippen molar-refractivity contribution in [3.63, 3.8) is 0 Å². The zero-order valence-corrected chi connectivity index (χ0v) is 15.2. The third kappa shape index (κ3) is 1.36. The maximum absolute atomic E-state index is 13.3. The van der Waals surface area contributed by atoms with E-state index in [0.717, 1.165) is 0 Å². The molecule has 0 aromatic rings. The lowest BCUT2D eigenvalue weighted by Crippen LogP contribution is -2.85. The molecular formula is C20H26O6. The van der Waals surface area contributed by atoms with E-state index in [9.17, 15) is 24.9 Å². The molecule has 6 aliphatic rings. The van der Waals surface area contributed by atoms with Gasteiger partial charge in [-0.2, -0.15) is 0 Å². The van der Waals surface area contributed by atoms with Crippen LogP contribution in [-0.4, -0.2) is 51.5 Å². The molecule has 4 bridgehead atoms. The molecule has 6 heteroatoms. The minimum Gasteiger partial charge on any atom is -0.391 e. The number of fused-ring (bicyclic) bond motifs is 2. The van der Waals surface area contributed by atoms with E-state index >= 15 is 0 Å². The molecule has 6 fully saturated rings. The Morgan fingerprint density at radius 3 is 2.54 bits per heavy atom. The lowest BCUT2D eigenvalue weighted by atomic mass is 9.36. The predicted molar refractivity (Wildman–Crippen MR) is 89.7 cm³/mol. The highest BCUT2D eigenvalue weighted by atomic mass is 16.6. The molecule has 2 aliphatic heterocycles. The molecule has 142 valence electrons. The largest absolute Gasteiger partial charge is 0.391 e. The minimum atomic E-state index is -2.19. The second-order valence-corrected chi connectivity index (χ2v) is 9.76. The van der Waals surface area contributed by atoms with Crippen molar-refractivity contribution >= 4 is 11.6 Å². The van der Waals surface area contributed by atoms with Crippen LogP contribution >= 0.6 is 0 Å². The molecule has 26 heavy (non-hydrogen) atoms. The lowest BCUT2D eigenvalue weighted by Gasteiger charge is -2.72. The van der Waals surface area contributed by atoms with Gasteiger partial charge in [-0.15, -0.1) is 0 Å². The topological polar surface area (TPSA) is 104 Å². The van der Waals surface area contributed by atoms with E-state index in [1.165, 1.54) is 0 Å². The van der Waals surface area contributed by atoms with Gasteiger partial charge in [-0.1, -0.05) is 20.4 Å². The first-order chi connectivity index (χ1) is 12.1. The van der Waals surface area contributed by atoms with Crippen LogP contribution in [0.4, 0.5) is 0 Å². The number of hydrogen-bond donors (Lipinski definition) is 3. The van der Waals surface area contributed by atoms with Gasteiger partial charge in [0.25, 0.3) is 0 Å². The Kier molecular flexibility index (Phi) is 2.94. The van der Waals surface area contributed by atoms with Crippen molar-refractivity contribution in [3.8, 4) is 0 Å². The molecular weight excluding hydrogens is 336 g/mol. The zero-order valence-electron chi connectivity index (χ0n) is 15.2. The summed E-state index contributed by atoms with van der Waals surface area (Å²) < 4.78 is 5.74. The fourth-order valence-corrected chi connectivity index (χ4v) is 7.63. The fraction of sp³-hybridized carbons (Fsp3) is 0.800. The monoisotopic (exact) mass is 362 g/mol. The van der Waals surface area contributed by atoms with Gasteiger partial charge in [-0.3, -0.25) is 9.59 Å². The van der Waals surface area contributed by atoms with Crippen LogP contribution in [0.5, 0.6) is 0 Å². The molecule has 4 saturated carbocycles. The second-order valence-electron chi connectivity index (χ2n) is 9.76. The van der Waals surface area contributed by atoms with Gasteiger partial charge in [-0.05, 0) is 36.2 Å².